The minimum Gasteiger partial charge on any atom is -0.465 e. The zero-order valence-corrected chi connectivity index (χ0v) is 23.2. The third kappa shape index (κ3) is 5.16. The summed E-state index contributed by atoms with van der Waals surface area (Å²) in [5.41, 5.74) is 3.48. The van der Waals surface area contributed by atoms with E-state index >= 15 is 0 Å². The highest BCUT2D eigenvalue weighted by atomic mass is 16.7. The van der Waals surface area contributed by atoms with Gasteiger partial charge in [0.1, 0.15) is 5.60 Å². The summed E-state index contributed by atoms with van der Waals surface area (Å²) in [6.45, 7) is 21.9. The van der Waals surface area contributed by atoms with Crippen molar-refractivity contribution in [3.05, 3.63) is 22.3 Å². The molecule has 2 aliphatic heterocycles. The first-order valence-corrected chi connectivity index (χ1v) is 12.3. The zero-order chi connectivity index (χ0) is 26.5. The fourth-order valence-electron chi connectivity index (χ4n) is 4.86. The number of amides is 1. The van der Waals surface area contributed by atoms with E-state index < -0.39 is 23.9 Å². The summed E-state index contributed by atoms with van der Waals surface area (Å²) in [4.78, 5) is 29.4. The number of carbonyl (C=O) groups excluding carboxylic acids is 2. The maximum Gasteiger partial charge on any atom is 0.495 e. The molecule has 0 saturated carbocycles. The van der Waals surface area contributed by atoms with E-state index in [1.165, 1.54) is 7.11 Å². The second kappa shape index (κ2) is 9.32. The van der Waals surface area contributed by atoms with E-state index in [0.717, 1.165) is 27.8 Å². The normalized spacial score (nSPS) is 19.7. The van der Waals surface area contributed by atoms with E-state index in [1.54, 1.807) is 4.90 Å². The van der Waals surface area contributed by atoms with Gasteiger partial charge in [0.2, 0.25) is 0 Å². The average Bonchev–Trinajstić information content (AvgIpc) is 2.93. The lowest BCUT2D eigenvalue weighted by Gasteiger charge is -2.39. The van der Waals surface area contributed by atoms with Crippen LogP contribution in [0.15, 0.2) is 0 Å². The molecule has 194 valence electrons. The van der Waals surface area contributed by atoms with Crippen LogP contribution in [0, 0.1) is 20.8 Å². The Bertz CT molecular complexity index is 990. The molecule has 0 radical (unpaired) electrons. The Morgan fingerprint density at radius 1 is 0.886 bits per heavy atom. The summed E-state index contributed by atoms with van der Waals surface area (Å²) in [5, 5.41) is 0. The van der Waals surface area contributed by atoms with Gasteiger partial charge in [-0.05, 0) is 91.4 Å². The highest BCUT2D eigenvalue weighted by molar-refractivity contribution is 6.63. The van der Waals surface area contributed by atoms with Crippen LogP contribution in [0.5, 0.6) is 0 Å². The highest BCUT2D eigenvalue weighted by Crippen LogP contribution is 2.39. The first-order chi connectivity index (χ1) is 16.0. The van der Waals surface area contributed by atoms with Crippen molar-refractivity contribution in [3.8, 4) is 0 Å². The molecular weight excluding hydrogens is 447 g/mol. The second-order valence-electron chi connectivity index (χ2n) is 11.5. The van der Waals surface area contributed by atoms with Crippen LogP contribution in [0.3, 0.4) is 0 Å². The second-order valence-corrected chi connectivity index (χ2v) is 11.5. The Morgan fingerprint density at radius 3 is 1.86 bits per heavy atom. The Kier molecular flexibility index (Phi) is 7.28. The predicted octanol–water partition coefficient (Wildman–Crippen LogP) is 3.75. The van der Waals surface area contributed by atoms with Crippen molar-refractivity contribution in [1.29, 1.82) is 0 Å². The fraction of sp³-hybridized carbons (Fsp3) is 0.692. The number of nitrogens with zero attached hydrogens (tertiary/aromatic N) is 2. The summed E-state index contributed by atoms with van der Waals surface area (Å²) in [7, 11) is 0.792. The molecule has 1 aromatic carbocycles. The van der Waals surface area contributed by atoms with Crippen LogP contribution in [0.2, 0.25) is 0 Å². The number of methoxy groups -OCH3 is 1. The number of carbonyl (C=O) groups is 2. The lowest BCUT2D eigenvalue weighted by Crippen LogP contribution is -2.51. The standard InChI is InChI=1S/C26H41BN2O6/c1-16-19(22(30)32-11)17(2)21(18(3)20(16)27-34-25(7,8)26(9,10)35-27)28-12-14-29(15-13-28)23(31)33-24(4,5)6/h12-15H2,1-11H3. The lowest BCUT2D eigenvalue weighted by molar-refractivity contribution is 0.00578. The minimum atomic E-state index is -0.606. The van der Waals surface area contributed by atoms with Gasteiger partial charge in [-0.15, -0.1) is 0 Å². The first kappa shape index (κ1) is 27.3. The van der Waals surface area contributed by atoms with E-state index in [1.807, 2.05) is 62.3 Å². The number of benzene rings is 1. The third-order valence-electron chi connectivity index (χ3n) is 7.39. The molecule has 0 bridgehead atoms. The summed E-state index contributed by atoms with van der Waals surface area (Å²) < 4.78 is 23.5. The van der Waals surface area contributed by atoms with E-state index in [0.29, 0.717) is 31.7 Å². The molecule has 1 amide bonds. The molecule has 2 fully saturated rings. The first-order valence-electron chi connectivity index (χ1n) is 12.3. The number of rotatable bonds is 3. The molecule has 9 heteroatoms. The molecule has 0 spiro atoms. The van der Waals surface area contributed by atoms with Gasteiger partial charge in [0, 0.05) is 31.9 Å². The van der Waals surface area contributed by atoms with Crippen molar-refractivity contribution in [2.75, 3.05) is 38.2 Å². The molecule has 0 aromatic heterocycles. The smallest absolute Gasteiger partial charge is 0.465 e. The van der Waals surface area contributed by atoms with Crippen molar-refractivity contribution in [3.63, 3.8) is 0 Å². The maximum absolute atomic E-state index is 12.9. The minimum absolute atomic E-state index is 0.303. The molecular formula is C26H41BN2O6. The van der Waals surface area contributed by atoms with Gasteiger partial charge >= 0.3 is 19.2 Å². The van der Waals surface area contributed by atoms with Crippen molar-refractivity contribution < 1.29 is 28.4 Å². The number of anilines is 1. The Morgan fingerprint density at radius 2 is 1.40 bits per heavy atom. The monoisotopic (exact) mass is 488 g/mol. The number of esters is 1. The van der Waals surface area contributed by atoms with Crippen molar-refractivity contribution >= 4 is 30.3 Å². The summed E-state index contributed by atoms with van der Waals surface area (Å²) in [6, 6.07) is 0. The van der Waals surface area contributed by atoms with Crippen LogP contribution in [-0.2, 0) is 18.8 Å². The quantitative estimate of drug-likeness (QED) is 0.474. The van der Waals surface area contributed by atoms with Crippen LogP contribution >= 0.6 is 0 Å². The average molecular weight is 488 g/mol. The molecule has 2 saturated heterocycles. The van der Waals surface area contributed by atoms with Gasteiger partial charge in [-0.3, -0.25) is 0 Å². The van der Waals surface area contributed by atoms with E-state index in [-0.39, 0.29) is 12.1 Å². The number of piperazine rings is 1. The number of ether oxygens (including phenoxy) is 2. The molecule has 0 aliphatic carbocycles. The summed E-state index contributed by atoms with van der Waals surface area (Å²) in [5.74, 6) is -0.383. The van der Waals surface area contributed by atoms with Crippen LogP contribution in [-0.4, -0.2) is 74.2 Å². The van der Waals surface area contributed by atoms with Crippen LogP contribution in [0.25, 0.3) is 0 Å². The van der Waals surface area contributed by atoms with Gasteiger partial charge in [-0.25, -0.2) is 9.59 Å². The molecule has 0 unspecified atom stereocenters. The topological polar surface area (TPSA) is 77.5 Å². The molecule has 1 aromatic rings. The Labute approximate surface area is 210 Å². The molecule has 0 atom stereocenters. The molecule has 8 nitrogen and oxygen atoms in total. The van der Waals surface area contributed by atoms with Gasteiger partial charge in [0.15, 0.2) is 0 Å². The lowest BCUT2D eigenvalue weighted by atomic mass is 9.70. The van der Waals surface area contributed by atoms with Crippen molar-refractivity contribution in [2.24, 2.45) is 0 Å². The van der Waals surface area contributed by atoms with Gasteiger partial charge < -0.3 is 28.6 Å². The van der Waals surface area contributed by atoms with Crippen molar-refractivity contribution in [2.45, 2.75) is 86.0 Å². The van der Waals surface area contributed by atoms with Gasteiger partial charge in [0.05, 0.1) is 23.9 Å². The number of hydrogen-bond acceptors (Lipinski definition) is 7. The van der Waals surface area contributed by atoms with Crippen LogP contribution in [0.1, 0.15) is 75.5 Å². The number of hydrogen-bond donors (Lipinski definition) is 0. The van der Waals surface area contributed by atoms with E-state index in [4.69, 9.17) is 18.8 Å². The molecule has 35 heavy (non-hydrogen) atoms. The molecule has 2 aliphatic rings. The SMILES string of the molecule is COC(=O)c1c(C)c(B2OC(C)(C)C(C)(C)O2)c(C)c(N2CCN(C(=O)OC(C)(C)C)CC2)c1C. The van der Waals surface area contributed by atoms with Crippen LogP contribution < -0.4 is 10.4 Å². The van der Waals surface area contributed by atoms with E-state index in [2.05, 4.69) is 11.8 Å². The van der Waals surface area contributed by atoms with E-state index in [9.17, 15) is 9.59 Å². The summed E-state index contributed by atoms with van der Waals surface area (Å²) in [6.07, 6.45) is -0.303. The van der Waals surface area contributed by atoms with Gasteiger partial charge in [-0.1, -0.05) is 0 Å². The molecule has 2 heterocycles. The van der Waals surface area contributed by atoms with Gasteiger partial charge in [0.25, 0.3) is 0 Å². The zero-order valence-electron chi connectivity index (χ0n) is 23.2. The molecule has 0 N–H and O–H groups in total. The maximum atomic E-state index is 12.9. The summed E-state index contributed by atoms with van der Waals surface area (Å²) >= 11 is 0. The predicted molar refractivity (Wildman–Crippen MR) is 138 cm³/mol. The van der Waals surface area contributed by atoms with Crippen molar-refractivity contribution in [1.82, 2.24) is 4.90 Å². The Hall–Kier alpha value is -2.26. The third-order valence-corrected chi connectivity index (χ3v) is 7.39. The fourth-order valence-corrected chi connectivity index (χ4v) is 4.86. The van der Waals surface area contributed by atoms with Crippen LogP contribution in [0.4, 0.5) is 10.5 Å². The largest absolute Gasteiger partial charge is 0.495 e. The Balaban J connectivity index is 2.01. The highest BCUT2D eigenvalue weighted by Gasteiger charge is 2.53. The van der Waals surface area contributed by atoms with Gasteiger partial charge in [-0.2, -0.15) is 0 Å². The molecule has 3 rings (SSSR count).